The molecule has 0 radical (unpaired) electrons. The molecule has 0 fully saturated rings. The van der Waals surface area contributed by atoms with Crippen molar-refractivity contribution in [3.05, 3.63) is 41.8 Å². The molecule has 0 unspecified atom stereocenters. The lowest BCUT2D eigenvalue weighted by atomic mass is 10.1. The summed E-state index contributed by atoms with van der Waals surface area (Å²) in [6.07, 6.45) is 0.917. The number of hydrogen-bond donors (Lipinski definition) is 1. The van der Waals surface area contributed by atoms with E-state index in [1.54, 1.807) is 10.6 Å². The highest BCUT2D eigenvalue weighted by Crippen LogP contribution is 2.28. The summed E-state index contributed by atoms with van der Waals surface area (Å²) >= 11 is 1.37. The van der Waals surface area contributed by atoms with E-state index < -0.39 is 0 Å². The van der Waals surface area contributed by atoms with Crippen molar-refractivity contribution in [1.82, 2.24) is 30.0 Å². The molecule has 122 valence electrons. The topological polar surface area (TPSA) is 71.8 Å². The van der Waals surface area contributed by atoms with E-state index in [4.69, 9.17) is 0 Å². The first-order chi connectivity index (χ1) is 11.6. The van der Waals surface area contributed by atoms with E-state index in [1.165, 1.54) is 23.5 Å². The van der Waals surface area contributed by atoms with E-state index >= 15 is 0 Å². The van der Waals surface area contributed by atoms with Crippen molar-refractivity contribution in [2.24, 2.45) is 5.92 Å². The minimum atomic E-state index is -0.288. The Labute approximate surface area is 141 Å². The predicted octanol–water partition coefficient (Wildman–Crippen LogP) is 3.58. The summed E-state index contributed by atoms with van der Waals surface area (Å²) < 4.78 is 15.1. The highest BCUT2D eigenvalue weighted by Gasteiger charge is 2.17. The summed E-state index contributed by atoms with van der Waals surface area (Å²) in [6, 6.07) is 8.33. The fourth-order valence-electron chi connectivity index (χ4n) is 2.54. The van der Waals surface area contributed by atoms with Crippen LogP contribution in [0.15, 0.2) is 30.3 Å². The number of benzene rings is 1. The average molecular weight is 342 g/mol. The highest BCUT2D eigenvalue weighted by molar-refractivity contribution is 7.19. The second-order valence-corrected chi connectivity index (χ2v) is 6.97. The van der Waals surface area contributed by atoms with E-state index in [9.17, 15) is 4.39 Å². The highest BCUT2D eigenvalue weighted by atomic mass is 32.1. The van der Waals surface area contributed by atoms with Gasteiger partial charge in [0.2, 0.25) is 10.8 Å². The van der Waals surface area contributed by atoms with Crippen molar-refractivity contribution in [2.45, 2.75) is 20.3 Å². The van der Waals surface area contributed by atoms with Gasteiger partial charge in [-0.05, 0) is 30.5 Å². The van der Waals surface area contributed by atoms with Gasteiger partial charge in [0.25, 0.3) is 0 Å². The van der Waals surface area contributed by atoms with Gasteiger partial charge < -0.3 is 0 Å². The molecule has 0 saturated heterocycles. The lowest BCUT2D eigenvalue weighted by Crippen LogP contribution is -1.93. The quantitative estimate of drug-likeness (QED) is 0.615. The van der Waals surface area contributed by atoms with E-state index in [0.29, 0.717) is 27.4 Å². The molecule has 4 rings (SSSR count). The maximum absolute atomic E-state index is 13.4. The first-order valence-corrected chi connectivity index (χ1v) is 8.44. The van der Waals surface area contributed by atoms with Crippen molar-refractivity contribution in [3.63, 3.8) is 0 Å². The van der Waals surface area contributed by atoms with Gasteiger partial charge in [-0.3, -0.25) is 5.10 Å². The SMILES string of the molecule is CC(C)Cc1cc(-c2nnc3sc(-c4cccc(F)c4)nn23)n[nH]1. The van der Waals surface area contributed by atoms with Gasteiger partial charge in [0.15, 0.2) is 0 Å². The van der Waals surface area contributed by atoms with Crippen molar-refractivity contribution >= 4 is 16.3 Å². The van der Waals surface area contributed by atoms with Gasteiger partial charge in [-0.15, -0.1) is 10.2 Å². The lowest BCUT2D eigenvalue weighted by Gasteiger charge is -1.98. The van der Waals surface area contributed by atoms with Crippen LogP contribution in [-0.2, 0) is 6.42 Å². The molecular weight excluding hydrogens is 327 g/mol. The number of H-pyrrole nitrogens is 1. The minimum absolute atomic E-state index is 0.288. The van der Waals surface area contributed by atoms with Gasteiger partial charge in [-0.1, -0.05) is 37.3 Å². The zero-order chi connectivity index (χ0) is 16.7. The van der Waals surface area contributed by atoms with Crippen LogP contribution in [-0.4, -0.2) is 30.0 Å². The van der Waals surface area contributed by atoms with E-state index in [2.05, 4.69) is 39.3 Å². The van der Waals surface area contributed by atoms with E-state index in [1.807, 2.05) is 12.1 Å². The molecule has 3 aromatic heterocycles. The first kappa shape index (κ1) is 14.9. The number of nitrogens with one attached hydrogen (secondary N) is 1. The summed E-state index contributed by atoms with van der Waals surface area (Å²) in [6.45, 7) is 4.31. The zero-order valence-corrected chi connectivity index (χ0v) is 14.0. The smallest absolute Gasteiger partial charge is 0.235 e. The standard InChI is InChI=1S/C16H15FN6S/c1-9(2)6-12-8-13(19-18-12)14-20-21-16-23(14)22-15(24-16)10-4-3-5-11(17)7-10/h3-5,7-9H,6H2,1-2H3,(H,18,19). The molecule has 0 bridgehead atoms. The molecular formula is C16H15FN6S. The molecule has 8 heteroatoms. The lowest BCUT2D eigenvalue weighted by molar-refractivity contribution is 0.628. The van der Waals surface area contributed by atoms with Crippen molar-refractivity contribution < 1.29 is 4.39 Å². The van der Waals surface area contributed by atoms with Crippen LogP contribution in [0.2, 0.25) is 0 Å². The number of halogens is 1. The van der Waals surface area contributed by atoms with Gasteiger partial charge >= 0.3 is 0 Å². The van der Waals surface area contributed by atoms with Crippen LogP contribution in [0.25, 0.3) is 27.1 Å². The Kier molecular flexibility index (Phi) is 3.61. The minimum Gasteiger partial charge on any atom is -0.282 e. The van der Waals surface area contributed by atoms with Crippen LogP contribution in [0.1, 0.15) is 19.5 Å². The van der Waals surface area contributed by atoms with Crippen LogP contribution < -0.4 is 0 Å². The molecule has 3 heterocycles. The molecule has 4 aromatic rings. The molecule has 0 aliphatic rings. The fraction of sp³-hybridized carbons (Fsp3) is 0.250. The van der Waals surface area contributed by atoms with Crippen molar-refractivity contribution in [1.29, 1.82) is 0 Å². The summed E-state index contributed by atoms with van der Waals surface area (Å²) in [7, 11) is 0. The van der Waals surface area contributed by atoms with Crippen LogP contribution in [0.4, 0.5) is 4.39 Å². The third kappa shape index (κ3) is 2.69. The molecule has 0 saturated carbocycles. The molecule has 6 nitrogen and oxygen atoms in total. The Morgan fingerprint density at radius 2 is 2.12 bits per heavy atom. The largest absolute Gasteiger partial charge is 0.282 e. The van der Waals surface area contributed by atoms with Gasteiger partial charge in [-0.25, -0.2) is 4.39 Å². The molecule has 0 atom stereocenters. The number of nitrogens with zero attached hydrogens (tertiary/aromatic N) is 5. The van der Waals surface area contributed by atoms with Crippen molar-refractivity contribution in [3.8, 4) is 22.1 Å². The number of fused-ring (bicyclic) bond motifs is 1. The maximum atomic E-state index is 13.4. The Morgan fingerprint density at radius 1 is 1.25 bits per heavy atom. The van der Waals surface area contributed by atoms with Crippen LogP contribution in [0, 0.1) is 11.7 Å². The van der Waals surface area contributed by atoms with E-state index in [-0.39, 0.29) is 5.82 Å². The Balaban J connectivity index is 1.73. The predicted molar refractivity (Wildman–Crippen MR) is 90.2 cm³/mol. The van der Waals surface area contributed by atoms with E-state index in [0.717, 1.165) is 17.7 Å². The first-order valence-electron chi connectivity index (χ1n) is 7.63. The number of hydrogen-bond acceptors (Lipinski definition) is 5. The Bertz CT molecular complexity index is 999. The fourth-order valence-corrected chi connectivity index (χ4v) is 3.37. The number of aromatic nitrogens is 6. The number of aromatic amines is 1. The summed E-state index contributed by atoms with van der Waals surface area (Å²) in [4.78, 5) is 0.651. The molecule has 1 N–H and O–H groups in total. The molecule has 24 heavy (non-hydrogen) atoms. The second kappa shape index (κ2) is 5.79. The van der Waals surface area contributed by atoms with Crippen molar-refractivity contribution in [2.75, 3.05) is 0 Å². The van der Waals surface area contributed by atoms with Crippen LogP contribution in [0.5, 0.6) is 0 Å². The Hall–Kier alpha value is -2.61. The molecule has 0 amide bonds. The van der Waals surface area contributed by atoms with Crippen LogP contribution >= 0.6 is 11.3 Å². The normalized spacial score (nSPS) is 11.7. The molecule has 1 aromatic carbocycles. The van der Waals surface area contributed by atoms with Gasteiger partial charge in [0.05, 0.1) is 0 Å². The van der Waals surface area contributed by atoms with Crippen LogP contribution in [0.3, 0.4) is 0 Å². The molecule has 0 spiro atoms. The average Bonchev–Trinajstić information content (AvgIpc) is 3.21. The molecule has 0 aliphatic heterocycles. The maximum Gasteiger partial charge on any atom is 0.235 e. The van der Waals surface area contributed by atoms with Gasteiger partial charge in [0, 0.05) is 11.3 Å². The summed E-state index contributed by atoms with van der Waals surface area (Å²) in [5.74, 6) is 0.829. The summed E-state index contributed by atoms with van der Waals surface area (Å²) in [5, 5.41) is 20.9. The second-order valence-electron chi connectivity index (χ2n) is 6.01. The third-order valence-corrected chi connectivity index (χ3v) is 4.50. The van der Waals surface area contributed by atoms with Gasteiger partial charge in [0.1, 0.15) is 16.5 Å². The Morgan fingerprint density at radius 3 is 2.92 bits per heavy atom. The monoisotopic (exact) mass is 342 g/mol. The third-order valence-electron chi connectivity index (χ3n) is 3.55. The number of rotatable bonds is 4. The molecule has 0 aliphatic carbocycles. The van der Waals surface area contributed by atoms with Gasteiger partial charge in [-0.2, -0.15) is 14.7 Å². The summed E-state index contributed by atoms with van der Waals surface area (Å²) in [5.41, 5.74) is 2.48. The zero-order valence-electron chi connectivity index (χ0n) is 13.2.